The van der Waals surface area contributed by atoms with E-state index in [1.54, 1.807) is 6.07 Å². The number of carboxylic acids is 1. The fourth-order valence-electron chi connectivity index (χ4n) is 2.90. The first-order valence-electron chi connectivity index (χ1n) is 7.40. The third-order valence-corrected chi connectivity index (χ3v) is 3.99. The molecule has 3 nitrogen and oxygen atoms in total. The number of rotatable bonds is 3. The lowest BCUT2D eigenvalue weighted by molar-refractivity contribution is -0.139. The van der Waals surface area contributed by atoms with Gasteiger partial charge in [-0.3, -0.25) is 0 Å². The van der Waals surface area contributed by atoms with E-state index in [0.29, 0.717) is 5.75 Å². The lowest BCUT2D eigenvalue weighted by Gasteiger charge is -2.08. The minimum atomic E-state index is -0.977. The summed E-state index contributed by atoms with van der Waals surface area (Å²) in [5, 5.41) is 15.6. The van der Waals surface area contributed by atoms with Gasteiger partial charge >= 0.3 is 5.97 Å². The van der Waals surface area contributed by atoms with Crippen molar-refractivity contribution in [1.82, 2.24) is 0 Å². The first kappa shape index (κ1) is 13.6. The lowest BCUT2D eigenvalue weighted by atomic mass is 10.00. The quantitative estimate of drug-likeness (QED) is 0.562. The van der Waals surface area contributed by atoms with E-state index in [4.69, 9.17) is 9.84 Å². The van der Waals surface area contributed by atoms with Crippen LogP contribution in [0.4, 0.5) is 0 Å². The monoisotopic (exact) mass is 302 g/mol. The zero-order valence-electron chi connectivity index (χ0n) is 12.3. The number of carboxylic acid groups (broad SMARTS) is 1. The van der Waals surface area contributed by atoms with E-state index in [0.717, 1.165) is 16.2 Å². The molecule has 112 valence electrons. The Morgan fingerprint density at radius 2 is 1.26 bits per heavy atom. The van der Waals surface area contributed by atoms with Crippen molar-refractivity contribution in [2.45, 2.75) is 0 Å². The van der Waals surface area contributed by atoms with Crippen LogP contribution in [0.5, 0.6) is 5.75 Å². The van der Waals surface area contributed by atoms with Crippen LogP contribution in [0.25, 0.3) is 32.3 Å². The van der Waals surface area contributed by atoms with Gasteiger partial charge in [0.15, 0.2) is 6.61 Å². The fourth-order valence-corrected chi connectivity index (χ4v) is 2.90. The zero-order valence-corrected chi connectivity index (χ0v) is 12.3. The van der Waals surface area contributed by atoms with E-state index in [2.05, 4.69) is 36.4 Å². The van der Waals surface area contributed by atoms with E-state index in [9.17, 15) is 4.79 Å². The summed E-state index contributed by atoms with van der Waals surface area (Å²) in [4.78, 5) is 10.6. The van der Waals surface area contributed by atoms with Gasteiger partial charge in [-0.1, -0.05) is 30.3 Å². The predicted octanol–water partition coefficient (Wildman–Crippen LogP) is 4.61. The van der Waals surface area contributed by atoms with Crippen LogP contribution < -0.4 is 4.74 Å². The highest BCUT2D eigenvalue weighted by Gasteiger charge is 2.04. The van der Waals surface area contributed by atoms with E-state index >= 15 is 0 Å². The molecular formula is C20H14O3. The zero-order chi connectivity index (χ0) is 15.8. The minimum Gasteiger partial charge on any atom is -0.482 e. The van der Waals surface area contributed by atoms with E-state index in [1.807, 2.05) is 24.3 Å². The molecule has 0 atom stereocenters. The van der Waals surface area contributed by atoms with Crippen LogP contribution in [0.15, 0.2) is 66.7 Å². The third-order valence-electron chi connectivity index (χ3n) is 3.99. The molecule has 0 aliphatic heterocycles. The fraction of sp³-hybridized carbons (Fsp3) is 0.0500. The molecule has 3 heteroatoms. The van der Waals surface area contributed by atoms with Crippen molar-refractivity contribution < 1.29 is 14.6 Å². The van der Waals surface area contributed by atoms with E-state index in [-0.39, 0.29) is 6.61 Å². The number of hydrogen-bond acceptors (Lipinski definition) is 2. The smallest absolute Gasteiger partial charge is 0.341 e. The van der Waals surface area contributed by atoms with Crippen molar-refractivity contribution in [1.29, 1.82) is 0 Å². The van der Waals surface area contributed by atoms with Crippen molar-refractivity contribution in [2.24, 2.45) is 0 Å². The molecule has 0 aromatic heterocycles. The van der Waals surface area contributed by atoms with Crippen LogP contribution in [0, 0.1) is 0 Å². The largest absolute Gasteiger partial charge is 0.482 e. The number of ether oxygens (including phenoxy) is 1. The van der Waals surface area contributed by atoms with Gasteiger partial charge in [-0.25, -0.2) is 4.79 Å². The van der Waals surface area contributed by atoms with Gasteiger partial charge < -0.3 is 9.84 Å². The number of carbonyl (C=O) groups is 1. The summed E-state index contributed by atoms with van der Waals surface area (Å²) in [6.45, 7) is -0.330. The van der Waals surface area contributed by atoms with Gasteiger partial charge in [0.1, 0.15) is 5.75 Å². The van der Waals surface area contributed by atoms with E-state index in [1.165, 1.54) is 16.2 Å². The molecular weight excluding hydrogens is 288 g/mol. The van der Waals surface area contributed by atoms with Crippen LogP contribution in [0.3, 0.4) is 0 Å². The molecule has 0 radical (unpaired) electrons. The van der Waals surface area contributed by atoms with Gasteiger partial charge in [-0.05, 0) is 68.7 Å². The number of hydrogen-bond donors (Lipinski definition) is 1. The normalized spacial score (nSPS) is 11.1. The van der Waals surface area contributed by atoms with Crippen molar-refractivity contribution in [3.8, 4) is 5.75 Å². The summed E-state index contributed by atoms with van der Waals surface area (Å²) in [5.74, 6) is -0.407. The predicted molar refractivity (Wildman–Crippen MR) is 92.1 cm³/mol. The summed E-state index contributed by atoms with van der Waals surface area (Å²) < 4.78 is 5.26. The Labute approximate surface area is 132 Å². The molecule has 0 aliphatic carbocycles. The standard InChI is InChI=1S/C20H14O3/c21-20(22)12-23-19-6-5-15-9-16-7-13-3-1-2-4-14(13)8-17(16)10-18(15)11-19/h1-11H,12H2,(H,21,22). The number of benzene rings is 4. The molecule has 0 saturated heterocycles. The topological polar surface area (TPSA) is 46.5 Å². The average molecular weight is 302 g/mol. The van der Waals surface area contributed by atoms with Gasteiger partial charge in [0.05, 0.1) is 0 Å². The Morgan fingerprint density at radius 3 is 1.87 bits per heavy atom. The van der Waals surface area contributed by atoms with Crippen LogP contribution in [0.2, 0.25) is 0 Å². The Balaban J connectivity index is 1.87. The van der Waals surface area contributed by atoms with Crippen molar-refractivity contribution in [3.63, 3.8) is 0 Å². The minimum absolute atomic E-state index is 0.330. The summed E-state index contributed by atoms with van der Waals surface area (Å²) in [7, 11) is 0. The molecule has 4 rings (SSSR count). The van der Waals surface area contributed by atoms with Gasteiger partial charge in [-0.2, -0.15) is 0 Å². The van der Waals surface area contributed by atoms with Gasteiger partial charge in [0.25, 0.3) is 0 Å². The summed E-state index contributed by atoms with van der Waals surface area (Å²) in [5.41, 5.74) is 0. The van der Waals surface area contributed by atoms with E-state index < -0.39 is 5.97 Å². The number of aliphatic carboxylic acids is 1. The first-order valence-corrected chi connectivity index (χ1v) is 7.40. The van der Waals surface area contributed by atoms with Crippen molar-refractivity contribution in [3.05, 3.63) is 66.7 Å². The highest BCUT2D eigenvalue weighted by atomic mass is 16.5. The Bertz CT molecular complexity index is 1050. The average Bonchev–Trinajstić information content (AvgIpc) is 2.56. The third kappa shape index (κ3) is 2.57. The second-order valence-corrected chi connectivity index (χ2v) is 5.59. The van der Waals surface area contributed by atoms with Crippen LogP contribution in [-0.2, 0) is 4.79 Å². The van der Waals surface area contributed by atoms with Gasteiger partial charge in [-0.15, -0.1) is 0 Å². The highest BCUT2D eigenvalue weighted by Crippen LogP contribution is 2.29. The van der Waals surface area contributed by atoms with Crippen LogP contribution >= 0.6 is 0 Å². The molecule has 0 fully saturated rings. The van der Waals surface area contributed by atoms with Crippen LogP contribution in [-0.4, -0.2) is 17.7 Å². The van der Waals surface area contributed by atoms with Crippen molar-refractivity contribution >= 4 is 38.3 Å². The molecule has 0 saturated carbocycles. The molecule has 0 heterocycles. The van der Waals surface area contributed by atoms with Crippen LogP contribution in [0.1, 0.15) is 0 Å². The maximum atomic E-state index is 10.6. The maximum absolute atomic E-state index is 10.6. The summed E-state index contributed by atoms with van der Waals surface area (Å²) >= 11 is 0. The molecule has 0 spiro atoms. The van der Waals surface area contributed by atoms with Crippen molar-refractivity contribution in [2.75, 3.05) is 6.61 Å². The molecule has 0 unspecified atom stereocenters. The Hall–Kier alpha value is -3.07. The maximum Gasteiger partial charge on any atom is 0.341 e. The Morgan fingerprint density at radius 1 is 0.739 bits per heavy atom. The summed E-state index contributed by atoms with van der Waals surface area (Å²) in [6.07, 6.45) is 0. The van der Waals surface area contributed by atoms with Gasteiger partial charge in [0.2, 0.25) is 0 Å². The highest BCUT2D eigenvalue weighted by molar-refractivity contribution is 6.04. The molecule has 1 N–H and O–H groups in total. The molecule has 4 aromatic rings. The molecule has 23 heavy (non-hydrogen) atoms. The Kier molecular flexibility index (Phi) is 3.12. The van der Waals surface area contributed by atoms with Gasteiger partial charge in [0, 0.05) is 0 Å². The molecule has 0 bridgehead atoms. The first-order chi connectivity index (χ1) is 11.2. The number of fused-ring (bicyclic) bond motifs is 3. The second-order valence-electron chi connectivity index (χ2n) is 5.59. The molecule has 4 aromatic carbocycles. The lowest BCUT2D eigenvalue weighted by Crippen LogP contribution is -2.09. The molecule has 0 aliphatic rings. The SMILES string of the molecule is O=C(O)COc1ccc2cc3cc4ccccc4cc3cc2c1. The second kappa shape index (κ2) is 5.29. The summed E-state index contributed by atoms with van der Waals surface area (Å²) in [6, 6.07) is 22.6. The molecule has 0 amide bonds.